The number of rotatable bonds is 7. The summed E-state index contributed by atoms with van der Waals surface area (Å²) in [5, 5.41) is 11.2. The number of carbonyl (C=O) groups excluding carboxylic acids is 3. The van der Waals surface area contributed by atoms with Crippen molar-refractivity contribution in [2.24, 2.45) is 0 Å². The molecule has 0 atom stereocenters. The SMILES string of the molecule is COC(=O)c1cc(CNC(=O)c2cc(C(=O)NCc3ccc(F)c(C)c3)nc3ncnn23)cs1. The number of ether oxygens (including phenoxy) is 1. The van der Waals surface area contributed by atoms with Crippen molar-refractivity contribution in [2.75, 3.05) is 7.11 Å². The summed E-state index contributed by atoms with van der Waals surface area (Å²) < 4.78 is 19.4. The zero-order valence-electron chi connectivity index (χ0n) is 18.2. The molecule has 3 aromatic heterocycles. The van der Waals surface area contributed by atoms with E-state index in [-0.39, 0.29) is 36.1 Å². The van der Waals surface area contributed by atoms with E-state index in [4.69, 9.17) is 0 Å². The molecule has 0 spiro atoms. The molecule has 174 valence electrons. The number of carbonyl (C=O) groups is 3. The van der Waals surface area contributed by atoms with Gasteiger partial charge in [-0.05, 0) is 41.1 Å². The molecule has 0 aliphatic carbocycles. The summed E-state index contributed by atoms with van der Waals surface area (Å²) in [6.45, 7) is 1.94. The first-order valence-corrected chi connectivity index (χ1v) is 10.9. The Morgan fingerprint density at radius 1 is 1.09 bits per heavy atom. The molecule has 2 amide bonds. The second-order valence-electron chi connectivity index (χ2n) is 7.26. The molecular weight excluding hydrogens is 463 g/mol. The number of halogens is 1. The first kappa shape index (κ1) is 23.0. The molecule has 2 N–H and O–H groups in total. The fraction of sp³-hybridized carbons (Fsp3) is 0.182. The van der Waals surface area contributed by atoms with Gasteiger partial charge in [0.15, 0.2) is 0 Å². The predicted molar refractivity (Wildman–Crippen MR) is 120 cm³/mol. The van der Waals surface area contributed by atoms with E-state index in [1.54, 1.807) is 30.5 Å². The second-order valence-corrected chi connectivity index (χ2v) is 8.17. The lowest BCUT2D eigenvalue weighted by molar-refractivity contribution is 0.0606. The fourth-order valence-electron chi connectivity index (χ4n) is 3.13. The summed E-state index contributed by atoms with van der Waals surface area (Å²) in [5.74, 6) is -1.73. The Labute approximate surface area is 196 Å². The van der Waals surface area contributed by atoms with Gasteiger partial charge in [0.25, 0.3) is 17.6 Å². The van der Waals surface area contributed by atoms with Gasteiger partial charge in [-0.15, -0.1) is 11.3 Å². The van der Waals surface area contributed by atoms with Gasteiger partial charge in [0, 0.05) is 19.2 Å². The van der Waals surface area contributed by atoms with E-state index in [1.807, 2.05) is 0 Å². The predicted octanol–water partition coefficient (Wildman–Crippen LogP) is 2.28. The molecule has 0 aliphatic heterocycles. The molecule has 34 heavy (non-hydrogen) atoms. The highest BCUT2D eigenvalue weighted by Gasteiger charge is 2.19. The first-order valence-electron chi connectivity index (χ1n) is 10.0. The minimum absolute atomic E-state index is 0.0204. The lowest BCUT2D eigenvalue weighted by Crippen LogP contribution is -2.28. The topological polar surface area (TPSA) is 128 Å². The van der Waals surface area contributed by atoms with Gasteiger partial charge in [0.1, 0.15) is 28.4 Å². The molecule has 4 aromatic rings. The normalized spacial score (nSPS) is 10.8. The summed E-state index contributed by atoms with van der Waals surface area (Å²) in [7, 11) is 1.30. The molecule has 4 rings (SSSR count). The zero-order valence-corrected chi connectivity index (χ0v) is 19.0. The minimum atomic E-state index is -0.526. The number of thiophene rings is 1. The van der Waals surface area contributed by atoms with Gasteiger partial charge >= 0.3 is 5.97 Å². The third-order valence-corrected chi connectivity index (χ3v) is 5.84. The average molecular weight is 482 g/mol. The number of methoxy groups -OCH3 is 1. The van der Waals surface area contributed by atoms with E-state index in [9.17, 15) is 18.8 Å². The van der Waals surface area contributed by atoms with Crippen LogP contribution in [0.2, 0.25) is 0 Å². The largest absolute Gasteiger partial charge is 0.465 e. The quantitative estimate of drug-likeness (QED) is 0.387. The maximum Gasteiger partial charge on any atom is 0.348 e. The van der Waals surface area contributed by atoms with Crippen LogP contribution in [0.4, 0.5) is 4.39 Å². The van der Waals surface area contributed by atoms with Crippen molar-refractivity contribution in [1.29, 1.82) is 0 Å². The number of fused-ring (bicyclic) bond motifs is 1. The summed E-state index contributed by atoms with van der Waals surface area (Å²) in [4.78, 5) is 45.7. The number of esters is 1. The van der Waals surface area contributed by atoms with E-state index < -0.39 is 17.8 Å². The molecule has 0 saturated heterocycles. The Morgan fingerprint density at radius 3 is 2.62 bits per heavy atom. The van der Waals surface area contributed by atoms with Gasteiger partial charge in [0.2, 0.25) is 0 Å². The summed E-state index contributed by atoms with van der Waals surface area (Å²) in [6.07, 6.45) is 1.23. The average Bonchev–Trinajstić information content (AvgIpc) is 3.51. The van der Waals surface area contributed by atoms with E-state index in [0.717, 1.165) is 11.1 Å². The van der Waals surface area contributed by atoms with Crippen LogP contribution in [0, 0.1) is 12.7 Å². The van der Waals surface area contributed by atoms with E-state index in [0.29, 0.717) is 10.4 Å². The van der Waals surface area contributed by atoms with E-state index >= 15 is 0 Å². The standard InChI is InChI=1S/C22H19FN6O4S/c1-12-5-13(3-4-15(12)23)8-24-19(30)16-7-17(29-22(28-16)26-11-27-29)20(31)25-9-14-6-18(34-10-14)21(32)33-2/h3-7,10-11H,8-9H2,1-2H3,(H,24,30)(H,25,31). The summed E-state index contributed by atoms with van der Waals surface area (Å²) in [6, 6.07) is 7.49. The van der Waals surface area contributed by atoms with Crippen LogP contribution < -0.4 is 10.6 Å². The lowest BCUT2D eigenvalue weighted by Gasteiger charge is -2.09. The van der Waals surface area contributed by atoms with Crippen molar-refractivity contribution in [2.45, 2.75) is 20.0 Å². The molecule has 10 nitrogen and oxygen atoms in total. The number of amides is 2. The Bertz CT molecular complexity index is 1400. The number of aryl methyl sites for hydroxylation is 1. The lowest BCUT2D eigenvalue weighted by atomic mass is 10.1. The number of nitrogens with zero attached hydrogens (tertiary/aromatic N) is 4. The molecule has 1 aromatic carbocycles. The molecule has 0 saturated carbocycles. The smallest absolute Gasteiger partial charge is 0.348 e. The van der Waals surface area contributed by atoms with Crippen LogP contribution in [0.15, 0.2) is 42.0 Å². The monoisotopic (exact) mass is 482 g/mol. The third kappa shape index (κ3) is 4.91. The first-order chi connectivity index (χ1) is 16.4. The van der Waals surface area contributed by atoms with Crippen molar-refractivity contribution in [3.05, 3.63) is 80.8 Å². The maximum absolute atomic E-state index is 13.5. The van der Waals surface area contributed by atoms with Crippen LogP contribution in [-0.2, 0) is 17.8 Å². The highest BCUT2D eigenvalue weighted by atomic mass is 32.1. The number of nitrogens with one attached hydrogen (secondary N) is 2. The van der Waals surface area contributed by atoms with E-state index in [1.165, 1.54) is 41.4 Å². The minimum Gasteiger partial charge on any atom is -0.465 e. The summed E-state index contributed by atoms with van der Waals surface area (Å²) >= 11 is 1.21. The molecule has 0 aliphatic rings. The van der Waals surface area contributed by atoms with Crippen molar-refractivity contribution < 1.29 is 23.5 Å². The third-order valence-electron chi connectivity index (χ3n) is 4.89. The highest BCUT2D eigenvalue weighted by molar-refractivity contribution is 7.12. The van der Waals surface area contributed by atoms with Crippen LogP contribution in [0.1, 0.15) is 47.3 Å². The second kappa shape index (κ2) is 9.75. The maximum atomic E-state index is 13.5. The van der Waals surface area contributed by atoms with Crippen molar-refractivity contribution in [3.8, 4) is 0 Å². The molecule has 12 heteroatoms. The van der Waals surface area contributed by atoms with Crippen LogP contribution in [-0.4, -0.2) is 44.5 Å². The van der Waals surface area contributed by atoms with Crippen molar-refractivity contribution >= 4 is 34.9 Å². The Hall–Kier alpha value is -4.19. The van der Waals surface area contributed by atoms with Crippen molar-refractivity contribution in [3.63, 3.8) is 0 Å². The number of hydrogen-bond acceptors (Lipinski definition) is 8. The van der Waals surface area contributed by atoms with Gasteiger partial charge in [0.05, 0.1) is 7.11 Å². The Balaban J connectivity index is 1.49. The molecule has 0 unspecified atom stereocenters. The van der Waals surface area contributed by atoms with Crippen LogP contribution in [0.3, 0.4) is 0 Å². The molecule has 3 heterocycles. The van der Waals surface area contributed by atoms with Gasteiger partial charge in [-0.2, -0.15) is 14.6 Å². The number of benzene rings is 1. The number of aromatic nitrogens is 4. The van der Waals surface area contributed by atoms with Gasteiger partial charge < -0.3 is 15.4 Å². The Kier molecular flexibility index (Phi) is 6.59. The highest BCUT2D eigenvalue weighted by Crippen LogP contribution is 2.16. The van der Waals surface area contributed by atoms with Gasteiger partial charge in [-0.25, -0.2) is 14.2 Å². The molecule has 0 bridgehead atoms. The van der Waals surface area contributed by atoms with Crippen LogP contribution in [0.25, 0.3) is 5.78 Å². The molecular formula is C22H19FN6O4S. The van der Waals surface area contributed by atoms with Gasteiger partial charge in [-0.1, -0.05) is 12.1 Å². The number of hydrogen-bond donors (Lipinski definition) is 2. The molecule has 0 radical (unpaired) electrons. The Morgan fingerprint density at radius 2 is 1.85 bits per heavy atom. The fourth-order valence-corrected chi connectivity index (χ4v) is 3.96. The van der Waals surface area contributed by atoms with Crippen LogP contribution >= 0.6 is 11.3 Å². The van der Waals surface area contributed by atoms with Gasteiger partial charge in [-0.3, -0.25) is 9.59 Å². The van der Waals surface area contributed by atoms with Crippen LogP contribution in [0.5, 0.6) is 0 Å². The zero-order chi connectivity index (χ0) is 24.2. The van der Waals surface area contributed by atoms with E-state index in [2.05, 4.69) is 30.4 Å². The summed E-state index contributed by atoms with van der Waals surface area (Å²) in [5.41, 5.74) is 1.95. The van der Waals surface area contributed by atoms with Crippen molar-refractivity contribution in [1.82, 2.24) is 30.2 Å². The molecule has 0 fully saturated rings.